The van der Waals surface area contributed by atoms with Gasteiger partial charge < -0.3 is 10.6 Å². The van der Waals surface area contributed by atoms with Gasteiger partial charge in [-0.1, -0.05) is 41.4 Å². The molecule has 3 rings (SSSR count). The smallest absolute Gasteiger partial charge is 0.248 e. The minimum absolute atomic E-state index is 0.0439. The molecule has 0 saturated heterocycles. The first-order chi connectivity index (χ1) is 11.9. The highest BCUT2D eigenvalue weighted by atomic mass is 35.5. The average Bonchev–Trinajstić information content (AvgIpc) is 2.58. The van der Waals surface area contributed by atoms with Crippen LogP contribution in [-0.4, -0.2) is 23.3 Å². The molecule has 1 atom stereocenters. The maximum Gasteiger partial charge on any atom is 0.248 e. The Balaban J connectivity index is 1.87. The van der Waals surface area contributed by atoms with Gasteiger partial charge in [0.1, 0.15) is 0 Å². The number of nitrogens with two attached hydrogens (primary N) is 1. The van der Waals surface area contributed by atoms with Crippen LogP contribution in [0.25, 0.3) is 0 Å². The van der Waals surface area contributed by atoms with Gasteiger partial charge in [-0.15, -0.1) is 0 Å². The summed E-state index contributed by atoms with van der Waals surface area (Å²) >= 11 is 12.4. The van der Waals surface area contributed by atoms with Crippen LogP contribution in [0.15, 0.2) is 36.4 Å². The fourth-order valence-electron chi connectivity index (χ4n) is 3.39. The molecule has 1 heterocycles. The van der Waals surface area contributed by atoms with E-state index in [9.17, 15) is 9.59 Å². The first kappa shape index (κ1) is 17.8. The number of nitrogens with zero attached hydrogens (tertiary/aromatic N) is 1. The maximum atomic E-state index is 12.8. The van der Waals surface area contributed by atoms with Crippen molar-refractivity contribution in [2.75, 3.05) is 6.54 Å². The minimum atomic E-state index is -0.438. The zero-order chi connectivity index (χ0) is 18.1. The Morgan fingerprint density at radius 2 is 1.80 bits per heavy atom. The maximum absolute atomic E-state index is 12.8. The predicted octanol–water partition coefficient (Wildman–Crippen LogP) is 3.78. The van der Waals surface area contributed by atoms with Crippen molar-refractivity contribution in [1.29, 1.82) is 0 Å². The molecule has 2 aromatic rings. The summed E-state index contributed by atoms with van der Waals surface area (Å²) in [6.45, 7) is 2.48. The fraction of sp³-hybridized carbons (Fsp3) is 0.263. The molecule has 0 aliphatic carbocycles. The van der Waals surface area contributed by atoms with Crippen molar-refractivity contribution in [2.45, 2.75) is 25.8 Å². The van der Waals surface area contributed by atoms with Crippen molar-refractivity contribution in [2.24, 2.45) is 5.73 Å². The number of primary amides is 1. The Morgan fingerprint density at radius 1 is 1.16 bits per heavy atom. The third-order valence-corrected chi connectivity index (χ3v) is 5.42. The highest BCUT2D eigenvalue weighted by Gasteiger charge is 2.30. The molecular formula is C19H18Cl2N2O2. The van der Waals surface area contributed by atoms with Crippen LogP contribution in [0.3, 0.4) is 0 Å². The molecule has 1 aliphatic rings. The SMILES string of the molecule is C[C@H]1c2cccc(C(N)=O)c2CCN1C(=O)Cc1c(Cl)cccc1Cl. The van der Waals surface area contributed by atoms with Crippen LogP contribution in [0.2, 0.25) is 10.0 Å². The third-order valence-electron chi connectivity index (χ3n) is 4.71. The molecule has 0 fully saturated rings. The topological polar surface area (TPSA) is 63.4 Å². The Bertz CT molecular complexity index is 831. The summed E-state index contributed by atoms with van der Waals surface area (Å²) < 4.78 is 0. The van der Waals surface area contributed by atoms with Gasteiger partial charge in [0, 0.05) is 22.2 Å². The van der Waals surface area contributed by atoms with Crippen molar-refractivity contribution in [3.05, 3.63) is 68.7 Å². The summed E-state index contributed by atoms with van der Waals surface area (Å²) in [7, 11) is 0. The van der Waals surface area contributed by atoms with Crippen LogP contribution >= 0.6 is 23.2 Å². The largest absolute Gasteiger partial charge is 0.366 e. The summed E-state index contributed by atoms with van der Waals surface area (Å²) in [5.74, 6) is -0.482. The van der Waals surface area contributed by atoms with Crippen molar-refractivity contribution >= 4 is 35.0 Å². The van der Waals surface area contributed by atoms with Crippen LogP contribution < -0.4 is 5.73 Å². The van der Waals surface area contributed by atoms with Crippen molar-refractivity contribution in [3.8, 4) is 0 Å². The monoisotopic (exact) mass is 376 g/mol. The van der Waals surface area contributed by atoms with Gasteiger partial charge in [0.25, 0.3) is 0 Å². The summed E-state index contributed by atoms with van der Waals surface area (Å²) in [5.41, 5.74) is 8.53. The lowest BCUT2D eigenvalue weighted by molar-refractivity contribution is -0.133. The summed E-state index contributed by atoms with van der Waals surface area (Å²) in [4.78, 5) is 26.2. The number of rotatable bonds is 3. The van der Waals surface area contributed by atoms with Gasteiger partial charge in [-0.05, 0) is 48.2 Å². The van der Waals surface area contributed by atoms with Crippen molar-refractivity contribution in [1.82, 2.24) is 4.90 Å². The molecule has 6 heteroatoms. The van der Waals surface area contributed by atoms with Crippen LogP contribution in [0, 0.1) is 0 Å². The van der Waals surface area contributed by atoms with Crippen LogP contribution in [-0.2, 0) is 17.6 Å². The number of carbonyl (C=O) groups is 2. The zero-order valence-corrected chi connectivity index (χ0v) is 15.3. The van der Waals surface area contributed by atoms with E-state index >= 15 is 0 Å². The van der Waals surface area contributed by atoms with Gasteiger partial charge >= 0.3 is 0 Å². The number of hydrogen-bond donors (Lipinski definition) is 1. The molecule has 25 heavy (non-hydrogen) atoms. The molecule has 1 aliphatic heterocycles. The lowest BCUT2D eigenvalue weighted by Gasteiger charge is -2.36. The standard InChI is InChI=1S/C19H18Cl2N2O2/c1-11-12-4-2-5-14(19(22)25)13(12)8-9-23(11)18(24)10-15-16(20)6-3-7-17(15)21/h2-7,11H,8-10H2,1H3,(H2,22,25)/t11-/m0/s1. The first-order valence-corrected chi connectivity index (χ1v) is 8.79. The van der Waals surface area contributed by atoms with Gasteiger partial charge in [0.05, 0.1) is 12.5 Å². The Morgan fingerprint density at radius 3 is 2.44 bits per heavy atom. The van der Waals surface area contributed by atoms with E-state index in [-0.39, 0.29) is 18.4 Å². The highest BCUT2D eigenvalue weighted by Crippen LogP contribution is 2.33. The number of carbonyl (C=O) groups excluding carboxylic acids is 2. The van der Waals surface area contributed by atoms with E-state index in [1.807, 2.05) is 13.0 Å². The second-order valence-corrected chi connectivity index (χ2v) is 6.94. The number of amides is 2. The van der Waals surface area contributed by atoms with Gasteiger partial charge in [-0.3, -0.25) is 9.59 Å². The molecule has 2 amide bonds. The van der Waals surface area contributed by atoms with Crippen LogP contribution in [0.5, 0.6) is 0 Å². The van der Waals surface area contributed by atoms with Crippen LogP contribution in [0.1, 0.15) is 40.0 Å². The zero-order valence-electron chi connectivity index (χ0n) is 13.8. The first-order valence-electron chi connectivity index (χ1n) is 8.04. The summed E-state index contributed by atoms with van der Waals surface area (Å²) in [6.07, 6.45) is 0.745. The van der Waals surface area contributed by atoms with Crippen molar-refractivity contribution < 1.29 is 9.59 Å². The van der Waals surface area contributed by atoms with Crippen molar-refractivity contribution in [3.63, 3.8) is 0 Å². The molecule has 0 unspecified atom stereocenters. The van der Waals surface area contributed by atoms with Gasteiger partial charge in [0.2, 0.25) is 11.8 Å². The molecule has 0 radical (unpaired) electrons. The number of benzene rings is 2. The van der Waals surface area contributed by atoms with E-state index in [2.05, 4.69) is 0 Å². The minimum Gasteiger partial charge on any atom is -0.366 e. The molecule has 0 bridgehead atoms. The molecule has 4 nitrogen and oxygen atoms in total. The van der Waals surface area contributed by atoms with Gasteiger partial charge in [-0.25, -0.2) is 0 Å². The molecule has 0 aromatic heterocycles. The highest BCUT2D eigenvalue weighted by molar-refractivity contribution is 6.36. The van der Waals surface area contributed by atoms with E-state index in [1.165, 1.54) is 0 Å². The number of halogens is 2. The second-order valence-electron chi connectivity index (χ2n) is 6.13. The van der Waals surface area contributed by atoms with Gasteiger partial charge in [-0.2, -0.15) is 0 Å². The molecule has 0 spiro atoms. The lowest BCUT2D eigenvalue weighted by Crippen LogP contribution is -2.40. The molecule has 2 N–H and O–H groups in total. The Labute approximate surface area is 156 Å². The van der Waals surface area contributed by atoms with E-state index < -0.39 is 5.91 Å². The van der Waals surface area contributed by atoms with Gasteiger partial charge in [0.15, 0.2) is 0 Å². The molecule has 0 saturated carbocycles. The molecular weight excluding hydrogens is 359 g/mol. The summed E-state index contributed by atoms with van der Waals surface area (Å²) in [5, 5.41) is 0.976. The van der Waals surface area contributed by atoms with E-state index in [1.54, 1.807) is 35.2 Å². The second kappa shape index (κ2) is 7.06. The Hall–Kier alpha value is -2.04. The number of hydrogen-bond acceptors (Lipinski definition) is 2. The van der Waals surface area contributed by atoms with E-state index in [0.29, 0.717) is 34.1 Å². The third kappa shape index (κ3) is 3.37. The number of fused-ring (bicyclic) bond motifs is 1. The average molecular weight is 377 g/mol. The normalized spacial score (nSPS) is 16.4. The summed E-state index contributed by atoms with van der Waals surface area (Å²) in [6, 6.07) is 10.5. The van der Waals surface area contributed by atoms with E-state index in [0.717, 1.165) is 11.1 Å². The lowest BCUT2D eigenvalue weighted by atomic mass is 9.89. The predicted molar refractivity (Wildman–Crippen MR) is 99.0 cm³/mol. The Kier molecular flexibility index (Phi) is 5.02. The molecule has 130 valence electrons. The molecule has 2 aromatic carbocycles. The van der Waals surface area contributed by atoms with Crippen LogP contribution in [0.4, 0.5) is 0 Å². The quantitative estimate of drug-likeness (QED) is 0.885. The van der Waals surface area contributed by atoms with E-state index in [4.69, 9.17) is 28.9 Å². The fourth-order valence-corrected chi connectivity index (χ4v) is 3.93.